The molecule has 0 bridgehead atoms. The van der Waals surface area contributed by atoms with Crippen LogP contribution in [-0.4, -0.2) is 39.7 Å². The maximum Gasteiger partial charge on any atom is 0.430 e. The van der Waals surface area contributed by atoms with E-state index in [-0.39, 0.29) is 12.2 Å². The van der Waals surface area contributed by atoms with E-state index in [0.29, 0.717) is 18.4 Å². The normalized spacial score (nSPS) is 18.8. The molecule has 1 N–H and O–H groups in total. The van der Waals surface area contributed by atoms with Crippen molar-refractivity contribution in [3.05, 3.63) is 48.0 Å². The van der Waals surface area contributed by atoms with Gasteiger partial charge < -0.3 is 9.47 Å². The maximum atomic E-state index is 13.6. The molecule has 0 heterocycles. The summed E-state index contributed by atoms with van der Waals surface area (Å²) >= 11 is 0. The molecule has 2 amide bonds. The number of hydrazine groups is 1. The Bertz CT molecular complexity index is 835. The lowest BCUT2D eigenvalue weighted by Crippen LogP contribution is -2.65. The van der Waals surface area contributed by atoms with Crippen molar-refractivity contribution in [1.82, 2.24) is 10.4 Å². The Balaban J connectivity index is 2.51. The number of nitrogens with zero attached hydrogens (tertiary/aromatic N) is 1. The number of amides is 2. The summed E-state index contributed by atoms with van der Waals surface area (Å²) in [5.41, 5.74) is 0.938. The first-order valence-electron chi connectivity index (χ1n) is 10.1. The van der Waals surface area contributed by atoms with Gasteiger partial charge in [0.25, 0.3) is 0 Å². The summed E-state index contributed by atoms with van der Waals surface area (Å²) < 4.78 is 10.9. The molecule has 0 saturated carbocycles. The van der Waals surface area contributed by atoms with Crippen molar-refractivity contribution in [2.75, 3.05) is 0 Å². The molecule has 0 aromatic heterocycles. The molecule has 1 atom stereocenters. The highest BCUT2D eigenvalue weighted by Gasteiger charge is 2.51. The van der Waals surface area contributed by atoms with Crippen LogP contribution in [0.5, 0.6) is 0 Å². The second kappa shape index (κ2) is 8.50. The van der Waals surface area contributed by atoms with Crippen molar-refractivity contribution >= 4 is 18.0 Å². The molecule has 30 heavy (non-hydrogen) atoms. The van der Waals surface area contributed by atoms with E-state index in [0.717, 1.165) is 10.6 Å². The molecular weight excluding hydrogens is 384 g/mol. The number of carbonyl (C=O) groups excluding carboxylic acids is 3. The largest absolute Gasteiger partial charge is 0.443 e. The van der Waals surface area contributed by atoms with E-state index in [9.17, 15) is 14.4 Å². The third-order valence-electron chi connectivity index (χ3n) is 4.58. The average Bonchev–Trinajstić information content (AvgIpc) is 2.60. The molecule has 1 aromatic rings. The van der Waals surface area contributed by atoms with E-state index in [4.69, 9.17) is 9.47 Å². The fraction of sp³-hybridized carbons (Fsp3) is 0.522. The number of hydrogen-bond acceptors (Lipinski definition) is 5. The van der Waals surface area contributed by atoms with Crippen LogP contribution >= 0.6 is 0 Å². The minimum absolute atomic E-state index is 0.148. The van der Waals surface area contributed by atoms with Gasteiger partial charge in [0.15, 0.2) is 5.78 Å². The van der Waals surface area contributed by atoms with Crippen LogP contribution in [0.15, 0.2) is 36.9 Å². The second-order valence-electron chi connectivity index (χ2n) is 9.44. The van der Waals surface area contributed by atoms with Crippen molar-refractivity contribution in [3.8, 4) is 0 Å². The van der Waals surface area contributed by atoms with Crippen molar-refractivity contribution in [2.24, 2.45) is 0 Å². The van der Waals surface area contributed by atoms with Crippen molar-refractivity contribution in [3.63, 3.8) is 0 Å². The number of Topliss-reactive ketones (excluding diaryl/α,β-unsaturated/α-hetero) is 1. The summed E-state index contributed by atoms with van der Waals surface area (Å²) in [6.45, 7) is 14.1. The third-order valence-corrected chi connectivity index (χ3v) is 4.58. The standard InChI is InChI=1S/C23H32N2O5/c1-8-14-23(15-13-16-11-9-10-12-17(16)18(23)26)25(20(28)30-22(5,6)7)24-19(27)29-21(2,3)4/h8-12H,1,13-15H2,2-7H3,(H,24,27)/t23-/m0/s1. The van der Waals surface area contributed by atoms with Gasteiger partial charge in [-0.1, -0.05) is 30.3 Å². The second-order valence-corrected chi connectivity index (χ2v) is 9.44. The van der Waals surface area contributed by atoms with E-state index >= 15 is 0 Å². The molecule has 164 valence electrons. The van der Waals surface area contributed by atoms with Crippen molar-refractivity contribution in [2.45, 2.75) is 77.5 Å². The highest BCUT2D eigenvalue weighted by atomic mass is 16.6. The van der Waals surface area contributed by atoms with Gasteiger partial charge in [-0.05, 0) is 66.4 Å². The Hall–Kier alpha value is -2.83. The van der Waals surface area contributed by atoms with E-state index in [1.54, 1.807) is 59.8 Å². The van der Waals surface area contributed by atoms with Gasteiger partial charge in [-0.2, -0.15) is 0 Å². The minimum atomic E-state index is -1.37. The predicted molar refractivity (Wildman–Crippen MR) is 114 cm³/mol. The summed E-state index contributed by atoms with van der Waals surface area (Å²) in [6, 6.07) is 7.27. The Morgan fingerprint density at radius 3 is 2.30 bits per heavy atom. The summed E-state index contributed by atoms with van der Waals surface area (Å²) in [6.07, 6.45) is 0.913. The number of hydrogen-bond donors (Lipinski definition) is 1. The molecule has 7 nitrogen and oxygen atoms in total. The number of nitrogens with one attached hydrogen (secondary N) is 1. The topological polar surface area (TPSA) is 84.9 Å². The van der Waals surface area contributed by atoms with Gasteiger partial charge in [0.05, 0.1) is 0 Å². The lowest BCUT2D eigenvalue weighted by atomic mass is 9.74. The molecule has 0 saturated heterocycles. The fourth-order valence-corrected chi connectivity index (χ4v) is 3.43. The van der Waals surface area contributed by atoms with E-state index in [1.807, 2.05) is 12.1 Å². The lowest BCUT2D eigenvalue weighted by Gasteiger charge is -2.44. The van der Waals surface area contributed by atoms with Gasteiger partial charge in [0.1, 0.15) is 16.7 Å². The van der Waals surface area contributed by atoms with E-state index in [2.05, 4.69) is 12.0 Å². The quantitative estimate of drug-likeness (QED) is 0.565. The Morgan fingerprint density at radius 2 is 1.73 bits per heavy atom. The number of rotatable bonds is 3. The van der Waals surface area contributed by atoms with Crippen molar-refractivity contribution in [1.29, 1.82) is 0 Å². The molecule has 0 unspecified atom stereocenters. The number of fused-ring (bicyclic) bond motifs is 1. The predicted octanol–water partition coefficient (Wildman–Crippen LogP) is 4.81. The lowest BCUT2D eigenvalue weighted by molar-refractivity contribution is -0.0288. The van der Waals surface area contributed by atoms with E-state index < -0.39 is 28.9 Å². The van der Waals surface area contributed by atoms with Gasteiger partial charge in [-0.15, -0.1) is 6.58 Å². The van der Waals surface area contributed by atoms with Gasteiger partial charge in [-0.25, -0.2) is 20.0 Å². The molecule has 1 aromatic carbocycles. The Morgan fingerprint density at radius 1 is 1.13 bits per heavy atom. The molecule has 2 rings (SSSR count). The van der Waals surface area contributed by atoms with Gasteiger partial charge in [0, 0.05) is 5.56 Å². The number of ether oxygens (including phenoxy) is 2. The first kappa shape index (κ1) is 23.4. The fourth-order valence-electron chi connectivity index (χ4n) is 3.43. The zero-order chi connectivity index (χ0) is 22.7. The van der Waals surface area contributed by atoms with Crippen LogP contribution in [0.4, 0.5) is 9.59 Å². The summed E-state index contributed by atoms with van der Waals surface area (Å²) in [5.74, 6) is -0.272. The van der Waals surface area contributed by atoms with Crippen LogP contribution in [0.1, 0.15) is 70.3 Å². The van der Waals surface area contributed by atoms with Gasteiger partial charge in [0.2, 0.25) is 0 Å². The van der Waals surface area contributed by atoms with Crippen LogP contribution in [0, 0.1) is 0 Å². The summed E-state index contributed by atoms with van der Waals surface area (Å²) in [4.78, 5) is 39.3. The number of aryl methyl sites for hydroxylation is 1. The van der Waals surface area contributed by atoms with Crippen LogP contribution in [0.2, 0.25) is 0 Å². The van der Waals surface area contributed by atoms with E-state index in [1.165, 1.54) is 0 Å². The highest BCUT2D eigenvalue weighted by molar-refractivity contribution is 6.07. The molecular formula is C23H32N2O5. The first-order chi connectivity index (χ1) is 13.8. The molecule has 0 spiro atoms. The molecule has 0 fully saturated rings. The van der Waals surface area contributed by atoms with Crippen LogP contribution in [-0.2, 0) is 15.9 Å². The zero-order valence-corrected chi connectivity index (χ0v) is 18.7. The third kappa shape index (κ3) is 5.40. The molecule has 0 aliphatic heterocycles. The average molecular weight is 417 g/mol. The SMILES string of the molecule is C=CC[C@]1(N(NC(=O)OC(C)(C)C)C(=O)OC(C)(C)C)CCc2ccccc2C1=O. The van der Waals surface area contributed by atoms with Crippen LogP contribution in [0.25, 0.3) is 0 Å². The van der Waals surface area contributed by atoms with Gasteiger partial charge in [-0.3, -0.25) is 4.79 Å². The Labute approximate surface area is 178 Å². The maximum absolute atomic E-state index is 13.6. The minimum Gasteiger partial charge on any atom is -0.443 e. The molecule has 0 radical (unpaired) electrons. The first-order valence-corrected chi connectivity index (χ1v) is 10.1. The number of ketones is 1. The molecule has 1 aliphatic carbocycles. The number of carbonyl (C=O) groups is 3. The summed E-state index contributed by atoms with van der Waals surface area (Å²) in [5, 5.41) is 0.992. The Kier molecular flexibility index (Phi) is 6.64. The van der Waals surface area contributed by atoms with Crippen molar-refractivity contribution < 1.29 is 23.9 Å². The molecule has 1 aliphatic rings. The smallest absolute Gasteiger partial charge is 0.430 e. The molecule has 7 heteroatoms. The summed E-state index contributed by atoms with van der Waals surface area (Å²) in [7, 11) is 0. The van der Waals surface area contributed by atoms with Gasteiger partial charge >= 0.3 is 12.2 Å². The number of benzene rings is 1. The van der Waals surface area contributed by atoms with Crippen LogP contribution < -0.4 is 5.43 Å². The monoisotopic (exact) mass is 416 g/mol. The zero-order valence-electron chi connectivity index (χ0n) is 18.7. The highest BCUT2D eigenvalue weighted by Crippen LogP contribution is 2.36. The van der Waals surface area contributed by atoms with Crippen LogP contribution in [0.3, 0.4) is 0 Å².